The van der Waals surface area contributed by atoms with Gasteiger partial charge in [-0.25, -0.2) is 0 Å². The van der Waals surface area contributed by atoms with E-state index in [1.54, 1.807) is 7.11 Å². The third kappa shape index (κ3) is 5.11. The third-order valence-corrected chi connectivity index (χ3v) is 5.44. The number of hydrogen-bond donors (Lipinski definition) is 1. The number of methoxy groups -OCH3 is 1. The van der Waals surface area contributed by atoms with Crippen molar-refractivity contribution in [3.8, 4) is 5.75 Å². The van der Waals surface area contributed by atoms with Gasteiger partial charge in [0, 0.05) is 51.4 Å². The van der Waals surface area contributed by atoms with Gasteiger partial charge in [0.25, 0.3) is 0 Å². The van der Waals surface area contributed by atoms with Crippen LogP contribution in [-0.2, 0) is 9.59 Å². The van der Waals surface area contributed by atoms with Gasteiger partial charge in [0.2, 0.25) is 11.8 Å². The second-order valence-electron chi connectivity index (χ2n) is 7.33. The van der Waals surface area contributed by atoms with Crippen LogP contribution in [0.4, 0.5) is 0 Å². The zero-order valence-electron chi connectivity index (χ0n) is 16.8. The van der Waals surface area contributed by atoms with Crippen LogP contribution >= 0.6 is 0 Å². The molecule has 2 aliphatic heterocycles. The topological polar surface area (TPSA) is 65.1 Å². The Bertz CT molecular complexity index is 713. The van der Waals surface area contributed by atoms with E-state index in [-0.39, 0.29) is 18.2 Å². The molecule has 0 aromatic heterocycles. The van der Waals surface area contributed by atoms with Crippen molar-refractivity contribution in [1.82, 2.24) is 20.0 Å². The average Bonchev–Trinajstić information content (AvgIpc) is 2.71. The minimum absolute atomic E-state index is 0.0561. The van der Waals surface area contributed by atoms with Gasteiger partial charge in [0.15, 0.2) is 0 Å². The number of amides is 2. The lowest BCUT2D eigenvalue weighted by Crippen LogP contribution is -2.57. The number of carbonyl (C=O) groups is 2. The van der Waals surface area contributed by atoms with Crippen LogP contribution in [0, 0.1) is 0 Å². The van der Waals surface area contributed by atoms with Crippen molar-refractivity contribution in [3.63, 3.8) is 0 Å². The molecule has 0 aliphatic carbocycles. The van der Waals surface area contributed by atoms with Crippen LogP contribution in [0.3, 0.4) is 0 Å². The molecule has 1 aromatic carbocycles. The van der Waals surface area contributed by atoms with Crippen molar-refractivity contribution < 1.29 is 14.3 Å². The van der Waals surface area contributed by atoms with Crippen molar-refractivity contribution in [2.75, 3.05) is 60.0 Å². The summed E-state index contributed by atoms with van der Waals surface area (Å²) < 4.78 is 5.37. The highest BCUT2D eigenvalue weighted by Crippen LogP contribution is 2.19. The Balaban J connectivity index is 1.61. The summed E-state index contributed by atoms with van der Waals surface area (Å²) in [7, 11) is 3.72. The molecule has 152 valence electrons. The van der Waals surface area contributed by atoms with Crippen LogP contribution in [-0.4, -0.2) is 92.5 Å². The minimum Gasteiger partial charge on any atom is -0.496 e. The molecule has 7 heteroatoms. The van der Waals surface area contributed by atoms with Gasteiger partial charge in [-0.15, -0.1) is 0 Å². The van der Waals surface area contributed by atoms with Crippen molar-refractivity contribution >= 4 is 17.9 Å². The summed E-state index contributed by atoms with van der Waals surface area (Å²) >= 11 is 0. The lowest BCUT2D eigenvalue weighted by Gasteiger charge is -2.37. The molecule has 2 heterocycles. The smallest absolute Gasteiger partial charge is 0.237 e. The Hall–Kier alpha value is -2.38. The Morgan fingerprint density at radius 1 is 1.21 bits per heavy atom. The summed E-state index contributed by atoms with van der Waals surface area (Å²) in [6.45, 7) is 5.20. The van der Waals surface area contributed by atoms with E-state index in [1.165, 1.54) is 0 Å². The number of nitrogens with zero attached hydrogens (tertiary/aromatic N) is 3. The van der Waals surface area contributed by atoms with E-state index in [1.807, 2.05) is 41.3 Å². The lowest BCUT2D eigenvalue weighted by atomic mass is 10.1. The normalized spacial score (nSPS) is 21.7. The maximum absolute atomic E-state index is 12.7. The summed E-state index contributed by atoms with van der Waals surface area (Å²) in [5.74, 6) is 0.824. The van der Waals surface area contributed by atoms with Crippen LogP contribution in [0.1, 0.15) is 12.0 Å². The van der Waals surface area contributed by atoms with Gasteiger partial charge >= 0.3 is 0 Å². The number of nitrogens with one attached hydrogen (secondary N) is 1. The molecule has 0 spiro atoms. The summed E-state index contributed by atoms with van der Waals surface area (Å²) in [6.07, 6.45) is 4.27. The quantitative estimate of drug-likeness (QED) is 0.779. The SMILES string of the molecule is COc1ccccc1/C=C/CN1CCNC(=O)C1CC(=O)N1CCN(C)CC1. The standard InChI is InChI=1S/C21H30N4O3/c1-23-12-14-25(15-13-23)20(26)16-18-21(27)22-9-11-24(18)10-5-7-17-6-3-4-8-19(17)28-2/h3-8,18H,9-16H2,1-2H3,(H,22,27)/b7-5+. The maximum atomic E-state index is 12.7. The van der Waals surface area contributed by atoms with Gasteiger partial charge in [-0.3, -0.25) is 14.5 Å². The zero-order chi connectivity index (χ0) is 19.9. The molecule has 1 unspecified atom stereocenters. The number of piperazine rings is 2. The molecule has 7 nitrogen and oxygen atoms in total. The summed E-state index contributed by atoms with van der Waals surface area (Å²) in [5, 5.41) is 2.90. The van der Waals surface area contributed by atoms with Crippen LogP contribution in [0.2, 0.25) is 0 Å². The van der Waals surface area contributed by atoms with Crippen molar-refractivity contribution in [1.29, 1.82) is 0 Å². The highest BCUT2D eigenvalue weighted by molar-refractivity contribution is 5.89. The zero-order valence-corrected chi connectivity index (χ0v) is 16.8. The van der Waals surface area contributed by atoms with E-state index in [2.05, 4.69) is 22.2 Å². The van der Waals surface area contributed by atoms with Gasteiger partial charge in [-0.2, -0.15) is 0 Å². The van der Waals surface area contributed by atoms with Gasteiger partial charge in [-0.1, -0.05) is 30.4 Å². The predicted molar refractivity (Wildman–Crippen MR) is 109 cm³/mol. The summed E-state index contributed by atoms with van der Waals surface area (Å²) in [6, 6.07) is 7.40. The molecule has 2 aliphatic rings. The van der Waals surface area contributed by atoms with Crippen LogP contribution < -0.4 is 10.1 Å². The number of carbonyl (C=O) groups excluding carboxylic acids is 2. The maximum Gasteiger partial charge on any atom is 0.237 e. The highest BCUT2D eigenvalue weighted by Gasteiger charge is 2.32. The summed E-state index contributed by atoms with van der Waals surface area (Å²) in [5.41, 5.74) is 0.997. The van der Waals surface area contributed by atoms with Crippen molar-refractivity contribution in [3.05, 3.63) is 35.9 Å². The van der Waals surface area contributed by atoms with E-state index in [9.17, 15) is 9.59 Å². The van der Waals surface area contributed by atoms with E-state index >= 15 is 0 Å². The molecule has 0 bridgehead atoms. The number of benzene rings is 1. The van der Waals surface area contributed by atoms with Gasteiger partial charge in [0.1, 0.15) is 5.75 Å². The van der Waals surface area contributed by atoms with E-state index in [0.717, 1.165) is 44.0 Å². The first-order valence-corrected chi connectivity index (χ1v) is 9.86. The Morgan fingerprint density at radius 3 is 2.71 bits per heavy atom. The Kier molecular flexibility index (Phi) is 7.06. The Morgan fingerprint density at radius 2 is 1.96 bits per heavy atom. The first kappa shape index (κ1) is 20.4. The number of hydrogen-bond acceptors (Lipinski definition) is 5. The second kappa shape index (κ2) is 9.71. The van der Waals surface area contributed by atoms with E-state index in [4.69, 9.17) is 4.74 Å². The largest absolute Gasteiger partial charge is 0.496 e. The molecule has 1 atom stereocenters. The number of likely N-dealkylation sites (N-methyl/N-ethyl adjacent to an activating group) is 1. The van der Waals surface area contributed by atoms with Crippen molar-refractivity contribution in [2.24, 2.45) is 0 Å². The fourth-order valence-electron chi connectivity index (χ4n) is 3.67. The fraction of sp³-hybridized carbons (Fsp3) is 0.524. The number of rotatable bonds is 6. The summed E-state index contributed by atoms with van der Waals surface area (Å²) in [4.78, 5) is 31.3. The molecular formula is C21H30N4O3. The minimum atomic E-state index is -0.414. The molecule has 1 aromatic rings. The molecule has 28 heavy (non-hydrogen) atoms. The molecule has 0 saturated carbocycles. The first-order valence-electron chi connectivity index (χ1n) is 9.86. The van der Waals surface area contributed by atoms with E-state index in [0.29, 0.717) is 13.1 Å². The third-order valence-electron chi connectivity index (χ3n) is 5.44. The highest BCUT2D eigenvalue weighted by atomic mass is 16.5. The predicted octanol–water partition coefficient (Wildman–Crippen LogP) is 0.673. The Labute approximate surface area is 166 Å². The van der Waals surface area contributed by atoms with Crippen molar-refractivity contribution in [2.45, 2.75) is 12.5 Å². The van der Waals surface area contributed by atoms with Gasteiger partial charge in [-0.05, 0) is 13.1 Å². The molecule has 2 amide bonds. The fourth-order valence-corrected chi connectivity index (χ4v) is 3.67. The molecule has 1 N–H and O–H groups in total. The van der Waals surface area contributed by atoms with Crippen LogP contribution in [0.25, 0.3) is 6.08 Å². The second-order valence-corrected chi connectivity index (χ2v) is 7.33. The number of para-hydroxylation sites is 1. The molecule has 2 fully saturated rings. The molecule has 0 radical (unpaired) electrons. The van der Waals surface area contributed by atoms with Crippen LogP contribution in [0.15, 0.2) is 30.3 Å². The van der Waals surface area contributed by atoms with E-state index < -0.39 is 6.04 Å². The monoisotopic (exact) mass is 386 g/mol. The molecule has 3 rings (SSSR count). The lowest BCUT2D eigenvalue weighted by molar-refractivity contribution is -0.139. The first-order chi connectivity index (χ1) is 13.6. The molecule has 2 saturated heterocycles. The van der Waals surface area contributed by atoms with Gasteiger partial charge < -0.3 is 19.9 Å². The van der Waals surface area contributed by atoms with Gasteiger partial charge in [0.05, 0.1) is 19.6 Å². The molecular weight excluding hydrogens is 356 g/mol. The average molecular weight is 386 g/mol. The van der Waals surface area contributed by atoms with Crippen LogP contribution in [0.5, 0.6) is 5.75 Å². The number of ether oxygens (including phenoxy) is 1.